The third kappa shape index (κ3) is 5.07. The van der Waals surface area contributed by atoms with Crippen LogP contribution >= 0.6 is 11.6 Å². The van der Waals surface area contributed by atoms with Crippen molar-refractivity contribution < 1.29 is 13.6 Å². The van der Waals surface area contributed by atoms with E-state index >= 15 is 0 Å². The second kappa shape index (κ2) is 9.45. The number of carbonyl (C=O) groups excluding carboxylic acids is 1. The molecule has 1 saturated heterocycles. The summed E-state index contributed by atoms with van der Waals surface area (Å²) < 4.78 is 26.5. The summed E-state index contributed by atoms with van der Waals surface area (Å²) in [5, 5.41) is 2.64. The molecule has 2 aromatic carbocycles. The maximum Gasteiger partial charge on any atom is 0.252 e. The lowest BCUT2D eigenvalue weighted by Gasteiger charge is -2.40. The van der Waals surface area contributed by atoms with Crippen molar-refractivity contribution in [3.05, 3.63) is 70.2 Å². The number of amides is 1. The van der Waals surface area contributed by atoms with E-state index < -0.39 is 17.5 Å². The van der Waals surface area contributed by atoms with Crippen molar-refractivity contribution in [1.29, 1.82) is 0 Å². The molecule has 2 aromatic rings. The minimum atomic E-state index is -1.09. The monoisotopic (exact) mass is 407 g/mol. The normalized spacial score (nSPS) is 18.2. The summed E-state index contributed by atoms with van der Waals surface area (Å²) in [5.74, 6) is -2.65. The van der Waals surface area contributed by atoms with E-state index in [1.807, 2.05) is 18.2 Å². The number of nitrogens with one attached hydrogen (secondary N) is 1. The van der Waals surface area contributed by atoms with Crippen LogP contribution in [0.2, 0.25) is 5.02 Å². The van der Waals surface area contributed by atoms with E-state index in [1.54, 1.807) is 0 Å². The molecule has 1 fully saturated rings. The number of carbonyl (C=O) groups is 1. The predicted octanol–water partition coefficient (Wildman–Crippen LogP) is 3.73. The summed E-state index contributed by atoms with van der Waals surface area (Å²) in [4.78, 5) is 16.9. The lowest BCUT2D eigenvalue weighted by Crippen LogP contribution is -2.47. The van der Waals surface area contributed by atoms with Gasteiger partial charge in [0.25, 0.3) is 5.91 Å². The molecule has 0 bridgehead atoms. The van der Waals surface area contributed by atoms with Crippen molar-refractivity contribution >= 4 is 17.5 Å². The Labute approximate surface area is 169 Å². The van der Waals surface area contributed by atoms with Crippen LogP contribution in [0.15, 0.2) is 42.5 Å². The SMILES string of the molecule is CN1CCN(CCCNC(=O)c2cc(F)c(F)cc2Cl)[C@H](c2ccccc2)C1. The smallest absolute Gasteiger partial charge is 0.252 e. The third-order valence-corrected chi connectivity index (χ3v) is 5.35. The van der Waals surface area contributed by atoms with Crippen LogP contribution in [0.4, 0.5) is 8.78 Å². The maximum absolute atomic E-state index is 13.4. The number of benzene rings is 2. The molecule has 1 aliphatic heterocycles. The fourth-order valence-corrected chi connectivity index (χ4v) is 3.73. The van der Waals surface area contributed by atoms with Gasteiger partial charge in [0.2, 0.25) is 0 Å². The number of nitrogens with zero attached hydrogens (tertiary/aromatic N) is 2. The number of halogens is 3. The van der Waals surface area contributed by atoms with Crippen LogP contribution in [-0.4, -0.2) is 55.5 Å². The second-order valence-corrected chi connectivity index (χ2v) is 7.49. The van der Waals surface area contributed by atoms with Crippen molar-refractivity contribution in [2.45, 2.75) is 12.5 Å². The molecule has 1 heterocycles. The van der Waals surface area contributed by atoms with Crippen LogP contribution in [0.25, 0.3) is 0 Å². The van der Waals surface area contributed by atoms with Gasteiger partial charge in [-0.25, -0.2) is 8.78 Å². The topological polar surface area (TPSA) is 35.6 Å². The average molecular weight is 408 g/mol. The molecule has 1 amide bonds. The summed E-state index contributed by atoms with van der Waals surface area (Å²) in [7, 11) is 2.12. The molecule has 7 heteroatoms. The van der Waals surface area contributed by atoms with E-state index in [-0.39, 0.29) is 10.6 Å². The number of rotatable bonds is 6. The highest BCUT2D eigenvalue weighted by Crippen LogP contribution is 2.25. The summed E-state index contributed by atoms with van der Waals surface area (Å²) in [6.45, 7) is 4.18. The van der Waals surface area contributed by atoms with Gasteiger partial charge in [0, 0.05) is 38.8 Å². The van der Waals surface area contributed by atoms with Gasteiger partial charge in [0.1, 0.15) is 0 Å². The van der Waals surface area contributed by atoms with E-state index in [9.17, 15) is 13.6 Å². The predicted molar refractivity (Wildman–Crippen MR) is 107 cm³/mol. The third-order valence-electron chi connectivity index (χ3n) is 5.04. The van der Waals surface area contributed by atoms with E-state index in [1.165, 1.54) is 5.56 Å². The van der Waals surface area contributed by atoms with Crippen molar-refractivity contribution in [3.8, 4) is 0 Å². The molecule has 28 heavy (non-hydrogen) atoms. The van der Waals surface area contributed by atoms with Crippen LogP contribution < -0.4 is 5.32 Å². The van der Waals surface area contributed by atoms with Crippen LogP contribution in [0.1, 0.15) is 28.4 Å². The molecule has 0 unspecified atom stereocenters. The van der Waals surface area contributed by atoms with Crippen molar-refractivity contribution in [2.24, 2.45) is 0 Å². The first-order valence-corrected chi connectivity index (χ1v) is 9.74. The van der Waals surface area contributed by atoms with Gasteiger partial charge in [-0.2, -0.15) is 0 Å². The first-order chi connectivity index (χ1) is 13.5. The Morgan fingerprint density at radius 2 is 1.89 bits per heavy atom. The molecule has 3 rings (SSSR count). The molecule has 0 spiro atoms. The zero-order valence-corrected chi connectivity index (χ0v) is 16.6. The fraction of sp³-hybridized carbons (Fsp3) is 0.381. The highest BCUT2D eigenvalue weighted by atomic mass is 35.5. The zero-order valence-electron chi connectivity index (χ0n) is 15.8. The van der Waals surface area contributed by atoms with Gasteiger partial charge in [-0.15, -0.1) is 0 Å². The highest BCUT2D eigenvalue weighted by molar-refractivity contribution is 6.33. The quantitative estimate of drug-likeness (QED) is 0.585. The Morgan fingerprint density at radius 1 is 1.18 bits per heavy atom. The van der Waals surface area contributed by atoms with Gasteiger partial charge in [0.15, 0.2) is 11.6 Å². The molecular formula is C21H24ClF2N3O. The number of hydrogen-bond acceptors (Lipinski definition) is 3. The Kier molecular flexibility index (Phi) is 6.99. The van der Waals surface area contributed by atoms with E-state index in [0.29, 0.717) is 12.6 Å². The van der Waals surface area contributed by atoms with Gasteiger partial charge < -0.3 is 10.2 Å². The van der Waals surface area contributed by atoms with Gasteiger partial charge >= 0.3 is 0 Å². The molecule has 0 saturated carbocycles. The maximum atomic E-state index is 13.4. The van der Waals surface area contributed by atoms with Crippen LogP contribution in [0.5, 0.6) is 0 Å². The molecule has 1 atom stereocenters. The summed E-state index contributed by atoms with van der Waals surface area (Å²) in [5.41, 5.74) is 1.23. The Morgan fingerprint density at radius 3 is 2.64 bits per heavy atom. The van der Waals surface area contributed by atoms with Crippen molar-refractivity contribution in [2.75, 3.05) is 39.8 Å². The van der Waals surface area contributed by atoms with Gasteiger partial charge in [0.05, 0.1) is 10.6 Å². The highest BCUT2D eigenvalue weighted by Gasteiger charge is 2.26. The number of likely N-dealkylation sites (N-methyl/N-ethyl adjacent to an activating group) is 1. The van der Waals surface area contributed by atoms with Crippen LogP contribution in [-0.2, 0) is 0 Å². The molecule has 0 aliphatic carbocycles. The van der Waals surface area contributed by atoms with E-state index in [0.717, 1.165) is 44.7 Å². The molecule has 150 valence electrons. The summed E-state index contributed by atoms with van der Waals surface area (Å²) >= 11 is 5.85. The molecule has 0 radical (unpaired) electrons. The van der Waals surface area contributed by atoms with Crippen molar-refractivity contribution in [1.82, 2.24) is 15.1 Å². The van der Waals surface area contributed by atoms with Crippen LogP contribution in [0, 0.1) is 11.6 Å². The minimum Gasteiger partial charge on any atom is -0.352 e. The molecule has 0 aromatic heterocycles. The van der Waals surface area contributed by atoms with E-state index in [4.69, 9.17) is 11.6 Å². The number of hydrogen-bond donors (Lipinski definition) is 1. The van der Waals surface area contributed by atoms with Crippen LogP contribution in [0.3, 0.4) is 0 Å². The Balaban J connectivity index is 1.54. The molecule has 1 N–H and O–H groups in total. The standard InChI is InChI=1S/C21H24ClF2N3O/c1-26-10-11-27(20(14-26)15-6-3-2-4-7-15)9-5-8-25-21(28)16-12-18(23)19(24)13-17(16)22/h2-4,6-7,12-13,20H,5,8-11,14H2,1H3,(H,25,28)/t20-/m0/s1. The molecule has 4 nitrogen and oxygen atoms in total. The first kappa shape index (κ1) is 20.7. The summed E-state index contributed by atoms with van der Waals surface area (Å²) in [6, 6.07) is 12.4. The Hall–Kier alpha value is -2.02. The van der Waals surface area contributed by atoms with Gasteiger partial charge in [-0.1, -0.05) is 41.9 Å². The van der Waals surface area contributed by atoms with E-state index in [2.05, 4.69) is 34.3 Å². The van der Waals surface area contributed by atoms with Gasteiger partial charge in [-0.05, 0) is 31.2 Å². The molecule has 1 aliphatic rings. The molecular weight excluding hydrogens is 384 g/mol. The fourth-order valence-electron chi connectivity index (χ4n) is 3.49. The lowest BCUT2D eigenvalue weighted by atomic mass is 10.0. The average Bonchev–Trinajstić information content (AvgIpc) is 2.69. The largest absolute Gasteiger partial charge is 0.352 e. The Bertz CT molecular complexity index is 819. The first-order valence-electron chi connectivity index (χ1n) is 9.36. The zero-order chi connectivity index (χ0) is 20.1. The van der Waals surface area contributed by atoms with Gasteiger partial charge in [-0.3, -0.25) is 9.69 Å². The minimum absolute atomic E-state index is 0.0534. The summed E-state index contributed by atoms with van der Waals surface area (Å²) in [6.07, 6.45) is 0.750. The van der Waals surface area contributed by atoms with Crippen molar-refractivity contribution in [3.63, 3.8) is 0 Å². The lowest BCUT2D eigenvalue weighted by molar-refractivity contribution is 0.0865. The number of piperazine rings is 1. The second-order valence-electron chi connectivity index (χ2n) is 7.08.